The molecule has 0 unspecified atom stereocenters. The fraction of sp³-hybridized carbons (Fsp3) is 0.250. The van der Waals surface area contributed by atoms with E-state index in [0.717, 1.165) is 22.2 Å². The molecule has 0 aliphatic carbocycles. The summed E-state index contributed by atoms with van der Waals surface area (Å²) >= 11 is 0. The molecule has 15 heavy (non-hydrogen) atoms. The van der Waals surface area contributed by atoms with Crippen LogP contribution in [0.2, 0.25) is 0 Å². The van der Waals surface area contributed by atoms with E-state index < -0.39 is 0 Å². The molecule has 1 aromatic heterocycles. The van der Waals surface area contributed by atoms with Crippen LogP contribution in [0.3, 0.4) is 0 Å². The van der Waals surface area contributed by atoms with E-state index in [1.807, 2.05) is 31.2 Å². The van der Waals surface area contributed by atoms with Crippen molar-refractivity contribution < 1.29 is 4.79 Å². The maximum absolute atomic E-state index is 11.2. The van der Waals surface area contributed by atoms with Gasteiger partial charge in [-0.15, -0.1) is 0 Å². The topological polar surface area (TPSA) is 42.9 Å². The molecule has 76 valence electrons. The van der Waals surface area contributed by atoms with Gasteiger partial charge < -0.3 is 0 Å². The minimum atomic E-state index is 0.149. The average molecular weight is 200 g/mol. The van der Waals surface area contributed by atoms with Crippen molar-refractivity contribution >= 4 is 16.7 Å². The quantitative estimate of drug-likeness (QED) is 0.745. The highest BCUT2D eigenvalue weighted by atomic mass is 16.1. The molecule has 2 aromatic rings. The Morgan fingerprint density at radius 1 is 1.27 bits per heavy atom. The van der Waals surface area contributed by atoms with E-state index in [-0.39, 0.29) is 5.78 Å². The van der Waals surface area contributed by atoms with Gasteiger partial charge in [-0.05, 0) is 25.5 Å². The number of aromatic nitrogens is 2. The molecule has 0 amide bonds. The van der Waals surface area contributed by atoms with Crippen molar-refractivity contribution in [1.82, 2.24) is 10.2 Å². The van der Waals surface area contributed by atoms with Gasteiger partial charge in [-0.1, -0.05) is 18.2 Å². The molecule has 0 saturated carbocycles. The molecule has 0 aliphatic heterocycles. The molecule has 0 saturated heterocycles. The van der Waals surface area contributed by atoms with Gasteiger partial charge in [0.1, 0.15) is 5.78 Å². The van der Waals surface area contributed by atoms with Crippen molar-refractivity contribution in [3.63, 3.8) is 0 Å². The fourth-order valence-corrected chi connectivity index (χ4v) is 1.67. The molecule has 2 rings (SSSR count). The average Bonchev–Trinajstić information content (AvgIpc) is 2.22. The van der Waals surface area contributed by atoms with E-state index >= 15 is 0 Å². The van der Waals surface area contributed by atoms with Gasteiger partial charge in [0.05, 0.1) is 11.2 Å². The van der Waals surface area contributed by atoms with Crippen LogP contribution in [0, 0.1) is 6.92 Å². The van der Waals surface area contributed by atoms with Gasteiger partial charge >= 0.3 is 0 Å². The third kappa shape index (κ3) is 1.86. The Morgan fingerprint density at radius 3 is 2.73 bits per heavy atom. The minimum absolute atomic E-state index is 0.149. The number of hydrogen-bond acceptors (Lipinski definition) is 3. The van der Waals surface area contributed by atoms with Gasteiger partial charge in [-0.2, -0.15) is 10.2 Å². The fourth-order valence-electron chi connectivity index (χ4n) is 1.67. The molecule has 3 nitrogen and oxygen atoms in total. The Hall–Kier alpha value is -1.77. The zero-order valence-corrected chi connectivity index (χ0v) is 8.82. The zero-order valence-electron chi connectivity index (χ0n) is 8.82. The second kappa shape index (κ2) is 3.77. The first-order valence-electron chi connectivity index (χ1n) is 4.89. The van der Waals surface area contributed by atoms with E-state index in [2.05, 4.69) is 10.2 Å². The van der Waals surface area contributed by atoms with E-state index in [0.29, 0.717) is 6.42 Å². The van der Waals surface area contributed by atoms with Crippen molar-refractivity contribution in [2.45, 2.75) is 20.3 Å². The van der Waals surface area contributed by atoms with E-state index in [1.54, 1.807) is 6.92 Å². The van der Waals surface area contributed by atoms with Gasteiger partial charge in [0.2, 0.25) is 0 Å². The number of ketones is 1. The van der Waals surface area contributed by atoms with Crippen LogP contribution in [-0.4, -0.2) is 16.0 Å². The van der Waals surface area contributed by atoms with E-state index in [1.165, 1.54) is 0 Å². The summed E-state index contributed by atoms with van der Waals surface area (Å²) < 4.78 is 0. The molecule has 0 spiro atoms. The SMILES string of the molecule is CC(=O)Cc1c(C)nnc2ccccc12. The van der Waals surface area contributed by atoms with Crippen molar-refractivity contribution in [2.75, 3.05) is 0 Å². The smallest absolute Gasteiger partial charge is 0.134 e. The van der Waals surface area contributed by atoms with Crippen LogP contribution in [0.25, 0.3) is 10.9 Å². The van der Waals surface area contributed by atoms with E-state index in [4.69, 9.17) is 0 Å². The van der Waals surface area contributed by atoms with Crippen LogP contribution in [0.1, 0.15) is 18.2 Å². The number of carbonyl (C=O) groups excluding carboxylic acids is 1. The van der Waals surface area contributed by atoms with Gasteiger partial charge in [0.15, 0.2) is 0 Å². The number of Topliss-reactive ketones (excluding diaryl/α,β-unsaturated/α-hetero) is 1. The lowest BCUT2D eigenvalue weighted by Gasteiger charge is -2.06. The molecule has 0 N–H and O–H groups in total. The normalized spacial score (nSPS) is 10.5. The molecular weight excluding hydrogens is 188 g/mol. The third-order valence-corrected chi connectivity index (χ3v) is 2.40. The summed E-state index contributed by atoms with van der Waals surface area (Å²) in [6, 6.07) is 7.76. The second-order valence-corrected chi connectivity index (χ2v) is 3.66. The third-order valence-electron chi connectivity index (χ3n) is 2.40. The summed E-state index contributed by atoms with van der Waals surface area (Å²) in [5.74, 6) is 0.149. The van der Waals surface area contributed by atoms with Crippen LogP contribution >= 0.6 is 0 Å². The second-order valence-electron chi connectivity index (χ2n) is 3.66. The standard InChI is InChI=1S/C12H12N2O/c1-8(15)7-11-9(2)13-14-12-6-4-3-5-10(11)12/h3-6H,7H2,1-2H3. The largest absolute Gasteiger partial charge is 0.300 e. The Bertz CT molecular complexity index is 520. The molecule has 1 aromatic carbocycles. The molecular formula is C12H12N2O. The number of benzene rings is 1. The molecule has 0 bridgehead atoms. The van der Waals surface area contributed by atoms with Gasteiger partial charge in [-0.25, -0.2) is 0 Å². The minimum Gasteiger partial charge on any atom is -0.300 e. The van der Waals surface area contributed by atoms with Gasteiger partial charge in [0.25, 0.3) is 0 Å². The number of nitrogens with zero attached hydrogens (tertiary/aromatic N) is 2. The summed E-state index contributed by atoms with van der Waals surface area (Å²) in [4.78, 5) is 11.2. The summed E-state index contributed by atoms with van der Waals surface area (Å²) in [6.07, 6.45) is 0.432. The maximum Gasteiger partial charge on any atom is 0.134 e. The first kappa shape index (κ1) is 9.77. The summed E-state index contributed by atoms with van der Waals surface area (Å²) in [6.45, 7) is 3.48. The Kier molecular flexibility index (Phi) is 2.46. The Labute approximate surface area is 88.1 Å². The Morgan fingerprint density at radius 2 is 2.00 bits per heavy atom. The highest BCUT2D eigenvalue weighted by molar-refractivity contribution is 5.88. The molecule has 0 radical (unpaired) electrons. The first-order chi connectivity index (χ1) is 7.18. The highest BCUT2D eigenvalue weighted by Gasteiger charge is 2.08. The predicted octanol–water partition coefficient (Wildman–Crippen LogP) is 2.07. The number of aryl methyl sites for hydroxylation is 1. The van der Waals surface area contributed by atoms with Crippen molar-refractivity contribution in [1.29, 1.82) is 0 Å². The number of fused-ring (bicyclic) bond motifs is 1. The first-order valence-corrected chi connectivity index (χ1v) is 4.89. The number of carbonyl (C=O) groups is 1. The van der Waals surface area contributed by atoms with E-state index in [9.17, 15) is 4.79 Å². The lowest BCUT2D eigenvalue weighted by atomic mass is 10.0. The summed E-state index contributed by atoms with van der Waals surface area (Å²) in [5.41, 5.74) is 2.68. The van der Waals surface area contributed by atoms with Gasteiger partial charge in [-0.3, -0.25) is 4.79 Å². The molecule has 1 heterocycles. The summed E-state index contributed by atoms with van der Waals surface area (Å²) in [7, 11) is 0. The molecule has 0 aliphatic rings. The van der Waals surface area contributed by atoms with Crippen molar-refractivity contribution in [2.24, 2.45) is 0 Å². The monoisotopic (exact) mass is 200 g/mol. The van der Waals surface area contributed by atoms with Crippen LogP contribution in [-0.2, 0) is 11.2 Å². The number of rotatable bonds is 2. The zero-order chi connectivity index (χ0) is 10.8. The lowest BCUT2D eigenvalue weighted by molar-refractivity contribution is -0.116. The summed E-state index contributed by atoms with van der Waals surface area (Å²) in [5, 5.41) is 9.17. The van der Waals surface area contributed by atoms with Crippen molar-refractivity contribution in [3.8, 4) is 0 Å². The Balaban J connectivity index is 2.68. The molecule has 0 atom stereocenters. The highest BCUT2D eigenvalue weighted by Crippen LogP contribution is 2.18. The van der Waals surface area contributed by atoms with Gasteiger partial charge in [0, 0.05) is 11.8 Å². The van der Waals surface area contributed by atoms with Crippen LogP contribution in [0.5, 0.6) is 0 Å². The molecule has 0 fully saturated rings. The van der Waals surface area contributed by atoms with Crippen LogP contribution in [0.4, 0.5) is 0 Å². The number of hydrogen-bond donors (Lipinski definition) is 0. The maximum atomic E-state index is 11.2. The predicted molar refractivity (Wildman–Crippen MR) is 58.7 cm³/mol. The van der Waals surface area contributed by atoms with Crippen LogP contribution < -0.4 is 0 Å². The molecule has 3 heteroatoms. The van der Waals surface area contributed by atoms with Crippen LogP contribution in [0.15, 0.2) is 24.3 Å². The lowest BCUT2D eigenvalue weighted by Crippen LogP contribution is -2.03. The van der Waals surface area contributed by atoms with Crippen molar-refractivity contribution in [3.05, 3.63) is 35.5 Å².